The number of benzene rings is 1. The van der Waals surface area contributed by atoms with Gasteiger partial charge < -0.3 is 5.11 Å². The molecule has 1 heterocycles. The van der Waals surface area contributed by atoms with Gasteiger partial charge in [0.2, 0.25) is 0 Å². The Balaban J connectivity index is 2.36. The molecule has 1 aliphatic rings. The number of carbonyl (C=O) groups is 1. The molecule has 0 bridgehead atoms. The highest BCUT2D eigenvalue weighted by Gasteiger charge is 2.41. The zero-order chi connectivity index (χ0) is 13.2. The second-order valence-corrected chi connectivity index (χ2v) is 5.29. The van der Waals surface area contributed by atoms with Gasteiger partial charge in [-0.25, -0.2) is 4.79 Å². The van der Waals surface area contributed by atoms with Crippen LogP contribution in [0.2, 0.25) is 0 Å². The van der Waals surface area contributed by atoms with Crippen molar-refractivity contribution in [2.75, 3.05) is 13.1 Å². The number of piperidine rings is 1. The largest absolute Gasteiger partial charge is 0.480 e. The number of hydrogen-bond acceptors (Lipinski definition) is 2. The van der Waals surface area contributed by atoms with E-state index < -0.39 is 11.5 Å². The molecule has 3 heteroatoms. The van der Waals surface area contributed by atoms with Crippen LogP contribution in [0.5, 0.6) is 0 Å². The van der Waals surface area contributed by atoms with Crippen LogP contribution >= 0.6 is 0 Å². The fraction of sp³-hybridized carbons (Fsp3) is 0.533. The monoisotopic (exact) mass is 247 g/mol. The minimum atomic E-state index is -0.895. The third-order valence-electron chi connectivity index (χ3n) is 4.02. The average Bonchev–Trinajstić information content (AvgIpc) is 2.39. The first-order valence-corrected chi connectivity index (χ1v) is 6.61. The Morgan fingerprint density at radius 2 is 1.72 bits per heavy atom. The van der Waals surface area contributed by atoms with Crippen LogP contribution in [0.4, 0.5) is 0 Å². The summed E-state index contributed by atoms with van der Waals surface area (Å²) < 4.78 is 0. The summed E-state index contributed by atoms with van der Waals surface area (Å²) in [4.78, 5) is 13.9. The molecule has 0 aromatic heterocycles. The molecular weight excluding hydrogens is 226 g/mol. The van der Waals surface area contributed by atoms with Crippen LogP contribution in [-0.4, -0.2) is 29.1 Å². The highest BCUT2D eigenvalue weighted by Crippen LogP contribution is 2.31. The first-order valence-electron chi connectivity index (χ1n) is 6.61. The van der Waals surface area contributed by atoms with E-state index in [-0.39, 0.29) is 0 Å². The third-order valence-corrected chi connectivity index (χ3v) is 4.02. The molecule has 1 aromatic rings. The van der Waals surface area contributed by atoms with E-state index in [2.05, 4.69) is 4.90 Å². The first kappa shape index (κ1) is 13.1. The molecule has 1 aromatic carbocycles. The number of aliphatic carboxylic acids is 1. The SMILES string of the molecule is Cc1ccc([C@@](C)(C(=O)O)N2CCCCC2)cc1. The number of likely N-dealkylation sites (tertiary alicyclic amines) is 1. The van der Waals surface area contributed by atoms with Crippen LogP contribution in [-0.2, 0) is 10.3 Å². The summed E-state index contributed by atoms with van der Waals surface area (Å²) in [7, 11) is 0. The normalized spacial score (nSPS) is 20.3. The summed E-state index contributed by atoms with van der Waals surface area (Å²) in [5.74, 6) is -0.756. The van der Waals surface area contributed by atoms with E-state index in [1.165, 1.54) is 6.42 Å². The van der Waals surface area contributed by atoms with Crippen molar-refractivity contribution in [2.45, 2.75) is 38.6 Å². The van der Waals surface area contributed by atoms with Gasteiger partial charge in [0.05, 0.1) is 0 Å². The molecule has 2 rings (SSSR count). The van der Waals surface area contributed by atoms with E-state index in [1.54, 1.807) is 0 Å². The lowest BCUT2D eigenvalue weighted by Gasteiger charge is -2.40. The van der Waals surface area contributed by atoms with Crippen molar-refractivity contribution in [3.8, 4) is 0 Å². The second kappa shape index (κ2) is 5.11. The zero-order valence-corrected chi connectivity index (χ0v) is 11.1. The summed E-state index contributed by atoms with van der Waals surface area (Å²) in [5, 5.41) is 9.67. The second-order valence-electron chi connectivity index (χ2n) is 5.29. The highest BCUT2D eigenvalue weighted by molar-refractivity contribution is 5.80. The van der Waals surface area contributed by atoms with Gasteiger partial charge in [-0.05, 0) is 45.3 Å². The Hall–Kier alpha value is -1.35. The van der Waals surface area contributed by atoms with Crippen molar-refractivity contribution in [2.24, 2.45) is 0 Å². The molecule has 0 spiro atoms. The molecule has 1 aliphatic heterocycles. The summed E-state index contributed by atoms with van der Waals surface area (Å²) in [5.41, 5.74) is 1.14. The molecule has 0 aliphatic carbocycles. The van der Waals surface area contributed by atoms with Crippen molar-refractivity contribution in [3.63, 3.8) is 0 Å². The van der Waals surface area contributed by atoms with Crippen LogP contribution in [0.1, 0.15) is 37.3 Å². The smallest absolute Gasteiger partial charge is 0.328 e. The number of nitrogens with zero attached hydrogens (tertiary/aromatic N) is 1. The first-order chi connectivity index (χ1) is 8.55. The Labute approximate surface area is 108 Å². The maximum absolute atomic E-state index is 11.8. The van der Waals surface area contributed by atoms with E-state index in [0.717, 1.165) is 37.1 Å². The van der Waals surface area contributed by atoms with Gasteiger partial charge >= 0.3 is 5.97 Å². The predicted octanol–water partition coefficient (Wildman–Crippen LogP) is 2.78. The van der Waals surface area contributed by atoms with Crippen molar-refractivity contribution in [3.05, 3.63) is 35.4 Å². The molecule has 18 heavy (non-hydrogen) atoms. The Morgan fingerprint density at radius 3 is 2.22 bits per heavy atom. The molecule has 0 radical (unpaired) electrons. The molecule has 1 fully saturated rings. The number of carboxylic acids is 1. The molecule has 98 valence electrons. The fourth-order valence-electron chi connectivity index (χ4n) is 2.66. The van der Waals surface area contributed by atoms with Crippen molar-refractivity contribution in [1.82, 2.24) is 4.90 Å². The van der Waals surface area contributed by atoms with Gasteiger partial charge in [-0.3, -0.25) is 4.90 Å². The molecule has 0 unspecified atom stereocenters. The number of rotatable bonds is 3. The van der Waals surface area contributed by atoms with E-state index in [1.807, 2.05) is 38.1 Å². The van der Waals surface area contributed by atoms with Crippen LogP contribution in [0.25, 0.3) is 0 Å². The van der Waals surface area contributed by atoms with Gasteiger partial charge in [-0.1, -0.05) is 36.2 Å². The fourth-order valence-corrected chi connectivity index (χ4v) is 2.66. The van der Waals surface area contributed by atoms with Gasteiger partial charge in [0.15, 0.2) is 0 Å². The van der Waals surface area contributed by atoms with E-state index in [4.69, 9.17) is 0 Å². The van der Waals surface area contributed by atoms with Gasteiger partial charge in [0, 0.05) is 0 Å². The molecule has 0 saturated carbocycles. The van der Waals surface area contributed by atoms with Crippen LogP contribution in [0, 0.1) is 6.92 Å². The van der Waals surface area contributed by atoms with Crippen molar-refractivity contribution >= 4 is 5.97 Å². The van der Waals surface area contributed by atoms with Crippen molar-refractivity contribution < 1.29 is 9.90 Å². The third kappa shape index (κ3) is 2.27. The van der Waals surface area contributed by atoms with Gasteiger partial charge in [-0.15, -0.1) is 0 Å². The minimum Gasteiger partial charge on any atom is -0.480 e. The van der Waals surface area contributed by atoms with Crippen LogP contribution < -0.4 is 0 Å². The Morgan fingerprint density at radius 1 is 1.17 bits per heavy atom. The molecule has 0 amide bonds. The zero-order valence-electron chi connectivity index (χ0n) is 11.1. The molecular formula is C15H21NO2. The topological polar surface area (TPSA) is 40.5 Å². The van der Waals surface area contributed by atoms with E-state index in [0.29, 0.717) is 0 Å². The van der Waals surface area contributed by atoms with Gasteiger partial charge in [-0.2, -0.15) is 0 Å². The Kier molecular flexibility index (Phi) is 3.71. The summed E-state index contributed by atoms with van der Waals surface area (Å²) in [6, 6.07) is 7.86. The Bertz CT molecular complexity index is 421. The number of carboxylic acid groups (broad SMARTS) is 1. The molecule has 1 N–H and O–H groups in total. The molecule has 3 nitrogen and oxygen atoms in total. The van der Waals surface area contributed by atoms with Gasteiger partial charge in [0.25, 0.3) is 0 Å². The highest BCUT2D eigenvalue weighted by atomic mass is 16.4. The molecule has 1 atom stereocenters. The summed E-state index contributed by atoms with van der Waals surface area (Å²) in [6.07, 6.45) is 3.39. The predicted molar refractivity (Wildman–Crippen MR) is 71.6 cm³/mol. The molecule has 1 saturated heterocycles. The lowest BCUT2D eigenvalue weighted by atomic mass is 9.88. The van der Waals surface area contributed by atoms with Crippen molar-refractivity contribution in [1.29, 1.82) is 0 Å². The van der Waals surface area contributed by atoms with Crippen LogP contribution in [0.15, 0.2) is 24.3 Å². The maximum atomic E-state index is 11.8. The number of hydrogen-bond donors (Lipinski definition) is 1. The van der Waals surface area contributed by atoms with E-state index in [9.17, 15) is 9.90 Å². The summed E-state index contributed by atoms with van der Waals surface area (Å²) >= 11 is 0. The lowest BCUT2D eigenvalue weighted by Crippen LogP contribution is -2.51. The number of aryl methyl sites for hydroxylation is 1. The lowest BCUT2D eigenvalue weighted by molar-refractivity contribution is -0.152. The van der Waals surface area contributed by atoms with E-state index >= 15 is 0 Å². The maximum Gasteiger partial charge on any atom is 0.328 e. The van der Waals surface area contributed by atoms with Crippen LogP contribution in [0.3, 0.4) is 0 Å². The standard InChI is InChI=1S/C15H21NO2/c1-12-6-8-13(9-7-12)15(2,14(17)18)16-10-4-3-5-11-16/h6-9H,3-5,10-11H2,1-2H3,(H,17,18)/t15-/m0/s1. The van der Waals surface area contributed by atoms with Gasteiger partial charge in [0.1, 0.15) is 5.54 Å². The average molecular weight is 247 g/mol. The quantitative estimate of drug-likeness (QED) is 0.893. The minimum absolute atomic E-state index is 0.756. The summed E-state index contributed by atoms with van der Waals surface area (Å²) in [6.45, 7) is 5.58.